The molecule has 0 amide bonds. The van der Waals surface area contributed by atoms with Crippen LogP contribution in [0.25, 0.3) is 11.1 Å². The molecule has 4 aromatic rings. The van der Waals surface area contributed by atoms with Crippen LogP contribution in [0.4, 0.5) is 0 Å². The van der Waals surface area contributed by atoms with Crippen molar-refractivity contribution in [2.75, 3.05) is 0 Å². The average molecular weight is 422 g/mol. The minimum absolute atomic E-state index is 0.299. The first-order valence-electron chi connectivity index (χ1n) is 10.2. The molecular formula is C27H20ClN3. The monoisotopic (exact) mass is 421 g/mol. The van der Waals surface area contributed by atoms with Crippen molar-refractivity contribution in [3.8, 4) is 11.1 Å². The molecule has 1 N–H and O–H groups in total. The summed E-state index contributed by atoms with van der Waals surface area (Å²) >= 11 is 6.06. The van der Waals surface area contributed by atoms with Gasteiger partial charge < -0.3 is 5.32 Å². The summed E-state index contributed by atoms with van der Waals surface area (Å²) in [5.41, 5.74) is 5.32. The van der Waals surface area contributed by atoms with Crippen LogP contribution in [0.2, 0.25) is 5.02 Å². The van der Waals surface area contributed by atoms with E-state index in [9.17, 15) is 0 Å². The lowest BCUT2D eigenvalue weighted by molar-refractivity contribution is 0.756. The van der Waals surface area contributed by atoms with Crippen molar-refractivity contribution in [3.05, 3.63) is 131 Å². The van der Waals surface area contributed by atoms with E-state index in [1.807, 2.05) is 60.7 Å². The predicted molar refractivity (Wildman–Crippen MR) is 129 cm³/mol. The molecule has 4 aromatic carbocycles. The predicted octanol–water partition coefficient (Wildman–Crippen LogP) is 6.50. The second kappa shape index (κ2) is 8.58. The normalized spacial score (nSPS) is 15.6. The lowest BCUT2D eigenvalue weighted by atomic mass is 10.0. The molecule has 1 aliphatic rings. The van der Waals surface area contributed by atoms with Crippen molar-refractivity contribution in [1.29, 1.82) is 0 Å². The number of nitrogens with zero attached hydrogens (tertiary/aromatic N) is 2. The van der Waals surface area contributed by atoms with E-state index in [1.165, 1.54) is 0 Å². The molecule has 0 aromatic heterocycles. The van der Waals surface area contributed by atoms with Gasteiger partial charge in [0, 0.05) is 16.1 Å². The molecule has 0 spiro atoms. The molecule has 1 heterocycles. The van der Waals surface area contributed by atoms with Crippen molar-refractivity contribution < 1.29 is 0 Å². The number of hydrogen-bond donors (Lipinski definition) is 1. The van der Waals surface area contributed by atoms with Crippen LogP contribution in [0, 0.1) is 0 Å². The van der Waals surface area contributed by atoms with Crippen LogP contribution in [0.3, 0.4) is 0 Å². The van der Waals surface area contributed by atoms with Crippen LogP contribution >= 0.6 is 11.6 Å². The second-order valence-electron chi connectivity index (χ2n) is 7.32. The quantitative estimate of drug-likeness (QED) is 0.401. The first-order valence-corrected chi connectivity index (χ1v) is 10.5. The van der Waals surface area contributed by atoms with Crippen LogP contribution < -0.4 is 5.32 Å². The molecular weight excluding hydrogens is 402 g/mol. The van der Waals surface area contributed by atoms with Gasteiger partial charge in [0.15, 0.2) is 6.17 Å². The Morgan fingerprint density at radius 3 is 1.84 bits per heavy atom. The summed E-state index contributed by atoms with van der Waals surface area (Å²) in [6.45, 7) is 0. The van der Waals surface area contributed by atoms with Crippen LogP contribution in [0.1, 0.15) is 22.9 Å². The van der Waals surface area contributed by atoms with Crippen molar-refractivity contribution in [3.63, 3.8) is 0 Å². The number of hydrogen-bond acceptors (Lipinski definition) is 3. The Morgan fingerprint density at radius 1 is 0.548 bits per heavy atom. The van der Waals surface area contributed by atoms with Gasteiger partial charge in [0.05, 0.1) is 0 Å². The van der Waals surface area contributed by atoms with Gasteiger partial charge in [-0.1, -0.05) is 103 Å². The molecule has 0 saturated carbocycles. The van der Waals surface area contributed by atoms with Crippen LogP contribution in [0.15, 0.2) is 119 Å². The molecule has 4 heteroatoms. The molecule has 0 fully saturated rings. The van der Waals surface area contributed by atoms with Gasteiger partial charge in [-0.15, -0.1) is 0 Å². The fourth-order valence-electron chi connectivity index (χ4n) is 3.60. The Kier molecular flexibility index (Phi) is 5.34. The maximum atomic E-state index is 6.06. The molecule has 1 atom stereocenters. The molecule has 0 saturated heterocycles. The SMILES string of the molecule is Clc1ccc(-c2cccc(C3=NC(c4ccccc4)N=C(c4ccccc4)N3)c2)cc1. The van der Waals surface area contributed by atoms with Gasteiger partial charge in [-0.2, -0.15) is 0 Å². The van der Waals surface area contributed by atoms with E-state index in [2.05, 4.69) is 53.8 Å². The van der Waals surface area contributed by atoms with E-state index < -0.39 is 0 Å². The highest BCUT2D eigenvalue weighted by Gasteiger charge is 2.20. The largest absolute Gasteiger partial charge is 0.324 e. The minimum Gasteiger partial charge on any atom is -0.324 e. The lowest BCUT2D eigenvalue weighted by Crippen LogP contribution is -2.36. The van der Waals surface area contributed by atoms with Gasteiger partial charge >= 0.3 is 0 Å². The Balaban J connectivity index is 1.56. The average Bonchev–Trinajstić information content (AvgIpc) is 2.85. The first kappa shape index (κ1) is 19.3. The standard InChI is InChI=1S/C27H20ClN3/c28-24-16-14-19(15-17-24)22-12-7-13-23(18-22)27-30-25(20-8-3-1-4-9-20)29-26(31-27)21-10-5-2-6-11-21/h1-18,25H,(H,29,30,31). The molecule has 150 valence electrons. The van der Waals surface area contributed by atoms with Crippen molar-refractivity contribution in [2.45, 2.75) is 6.17 Å². The van der Waals surface area contributed by atoms with Crippen LogP contribution in [-0.4, -0.2) is 11.7 Å². The molecule has 0 radical (unpaired) electrons. The van der Waals surface area contributed by atoms with Gasteiger partial charge in [-0.25, -0.2) is 9.98 Å². The fourth-order valence-corrected chi connectivity index (χ4v) is 3.73. The summed E-state index contributed by atoms with van der Waals surface area (Å²) in [4.78, 5) is 9.84. The number of nitrogens with one attached hydrogen (secondary N) is 1. The molecule has 0 aliphatic carbocycles. The van der Waals surface area contributed by atoms with Gasteiger partial charge in [-0.3, -0.25) is 0 Å². The lowest BCUT2D eigenvalue weighted by Gasteiger charge is -2.22. The van der Waals surface area contributed by atoms with E-state index in [-0.39, 0.29) is 6.17 Å². The fraction of sp³-hybridized carbons (Fsp3) is 0.0370. The van der Waals surface area contributed by atoms with Crippen LogP contribution in [-0.2, 0) is 0 Å². The van der Waals surface area contributed by atoms with E-state index >= 15 is 0 Å². The Bertz CT molecular complexity index is 1250. The Labute approximate surface area is 186 Å². The smallest absolute Gasteiger partial charge is 0.169 e. The molecule has 1 aliphatic heterocycles. The maximum absolute atomic E-state index is 6.06. The number of benzene rings is 4. The zero-order valence-corrected chi connectivity index (χ0v) is 17.5. The van der Waals surface area contributed by atoms with E-state index in [4.69, 9.17) is 21.6 Å². The molecule has 0 bridgehead atoms. The number of halogens is 1. The number of rotatable bonds is 4. The zero-order chi connectivity index (χ0) is 21.0. The summed E-state index contributed by atoms with van der Waals surface area (Å²) in [6.07, 6.45) is -0.299. The van der Waals surface area contributed by atoms with Crippen molar-refractivity contribution in [1.82, 2.24) is 5.32 Å². The molecule has 1 unspecified atom stereocenters. The third kappa shape index (κ3) is 4.27. The van der Waals surface area contributed by atoms with Gasteiger partial charge in [0.2, 0.25) is 0 Å². The first-order chi connectivity index (χ1) is 15.3. The third-order valence-electron chi connectivity index (χ3n) is 5.20. The molecule has 3 nitrogen and oxygen atoms in total. The van der Waals surface area contributed by atoms with E-state index in [0.29, 0.717) is 0 Å². The van der Waals surface area contributed by atoms with Gasteiger partial charge in [-0.05, 0) is 34.9 Å². The number of amidine groups is 2. The zero-order valence-electron chi connectivity index (χ0n) is 16.7. The summed E-state index contributed by atoms with van der Waals surface area (Å²) in [6, 6.07) is 36.6. The summed E-state index contributed by atoms with van der Waals surface area (Å²) in [7, 11) is 0. The highest BCUT2D eigenvalue weighted by atomic mass is 35.5. The summed E-state index contributed by atoms with van der Waals surface area (Å²) in [5.74, 6) is 1.62. The van der Waals surface area contributed by atoms with Gasteiger partial charge in [0.1, 0.15) is 11.7 Å². The van der Waals surface area contributed by atoms with E-state index in [1.54, 1.807) is 0 Å². The summed E-state index contributed by atoms with van der Waals surface area (Å²) < 4.78 is 0. The maximum Gasteiger partial charge on any atom is 0.169 e. The number of aliphatic imine (C=N–C) groups is 2. The highest BCUT2D eigenvalue weighted by molar-refractivity contribution is 6.30. The Hall–Kier alpha value is -3.69. The molecule has 31 heavy (non-hydrogen) atoms. The van der Waals surface area contributed by atoms with Crippen LogP contribution in [0.5, 0.6) is 0 Å². The van der Waals surface area contributed by atoms with Crippen molar-refractivity contribution in [2.24, 2.45) is 9.98 Å². The van der Waals surface area contributed by atoms with E-state index in [0.717, 1.165) is 44.5 Å². The third-order valence-corrected chi connectivity index (χ3v) is 5.45. The summed E-state index contributed by atoms with van der Waals surface area (Å²) in [5, 5.41) is 4.18. The molecule has 5 rings (SSSR count). The highest BCUT2D eigenvalue weighted by Crippen LogP contribution is 2.26. The topological polar surface area (TPSA) is 36.8 Å². The van der Waals surface area contributed by atoms with Gasteiger partial charge in [0.25, 0.3) is 0 Å². The minimum atomic E-state index is -0.299. The van der Waals surface area contributed by atoms with Crippen molar-refractivity contribution >= 4 is 23.3 Å². The second-order valence-corrected chi connectivity index (χ2v) is 7.75. The Morgan fingerprint density at radius 2 is 1.13 bits per heavy atom.